The molecule has 0 saturated heterocycles. The first-order valence-corrected chi connectivity index (χ1v) is 17.9. The Bertz CT molecular complexity index is 1520. The number of carbonyl (C=O) groups excluding carboxylic acids is 2. The molecule has 44 heavy (non-hydrogen) atoms. The fourth-order valence-corrected chi connectivity index (χ4v) is 6.89. The van der Waals surface area contributed by atoms with E-state index in [2.05, 4.69) is 5.32 Å². The number of benzene rings is 3. The third kappa shape index (κ3) is 9.06. The van der Waals surface area contributed by atoms with Gasteiger partial charge in [0.05, 0.1) is 17.2 Å². The first-order valence-electron chi connectivity index (χ1n) is 14.5. The van der Waals surface area contributed by atoms with Crippen molar-refractivity contribution in [3.8, 4) is 5.75 Å². The average Bonchev–Trinajstić information content (AvgIpc) is 3.01. The molecule has 0 aliphatic heterocycles. The van der Waals surface area contributed by atoms with E-state index in [1.54, 1.807) is 68.4 Å². The molecule has 0 radical (unpaired) electrons. The minimum atomic E-state index is -4.25. The lowest BCUT2D eigenvalue weighted by Gasteiger charge is -2.33. The maximum absolute atomic E-state index is 14.3. The van der Waals surface area contributed by atoms with Gasteiger partial charge in [-0.3, -0.25) is 13.9 Å². The van der Waals surface area contributed by atoms with Gasteiger partial charge in [0.2, 0.25) is 11.8 Å². The van der Waals surface area contributed by atoms with Crippen molar-refractivity contribution < 1.29 is 22.7 Å². The maximum Gasteiger partial charge on any atom is 0.264 e. The molecule has 0 aliphatic rings. The number of halogens is 2. The summed E-state index contributed by atoms with van der Waals surface area (Å²) in [4.78, 5) is 30.0. The van der Waals surface area contributed by atoms with Crippen LogP contribution in [0.4, 0.5) is 5.69 Å². The molecule has 1 atom stereocenters. The van der Waals surface area contributed by atoms with Crippen LogP contribution >= 0.6 is 35.0 Å². The topological polar surface area (TPSA) is 96.0 Å². The van der Waals surface area contributed by atoms with Crippen molar-refractivity contribution in [1.29, 1.82) is 0 Å². The summed E-state index contributed by atoms with van der Waals surface area (Å²) in [6.45, 7) is 5.76. The van der Waals surface area contributed by atoms with Gasteiger partial charge in [0.25, 0.3) is 10.0 Å². The highest BCUT2D eigenvalue weighted by Gasteiger charge is 2.35. The minimum Gasteiger partial charge on any atom is -0.492 e. The van der Waals surface area contributed by atoms with E-state index in [9.17, 15) is 18.0 Å². The Morgan fingerprint density at radius 3 is 2.32 bits per heavy atom. The average molecular weight is 681 g/mol. The van der Waals surface area contributed by atoms with Crippen molar-refractivity contribution in [1.82, 2.24) is 10.2 Å². The van der Waals surface area contributed by atoms with Crippen molar-refractivity contribution in [3.05, 3.63) is 82.3 Å². The normalized spacial score (nSPS) is 12.0. The number of unbranched alkanes of at least 4 members (excludes halogenated alkanes) is 1. The zero-order chi connectivity index (χ0) is 32.3. The number of carbonyl (C=O) groups is 2. The number of hydrogen-bond acceptors (Lipinski definition) is 6. The van der Waals surface area contributed by atoms with Crippen LogP contribution in [0.25, 0.3) is 0 Å². The predicted molar refractivity (Wildman–Crippen MR) is 179 cm³/mol. The summed E-state index contributed by atoms with van der Waals surface area (Å²) in [5.41, 5.74) is 0.780. The summed E-state index contributed by atoms with van der Waals surface area (Å²) in [5.74, 6) is -0.593. The second kappa shape index (κ2) is 17.0. The second-order valence-electron chi connectivity index (χ2n) is 9.91. The number of hydrogen-bond donors (Lipinski definition) is 1. The Hall–Kier alpha value is -2.92. The summed E-state index contributed by atoms with van der Waals surface area (Å²) in [6.07, 6.45) is 3.88. The standard InChI is InChI=1S/C32H39Cl2N3O5S2/c1-5-8-19-35-32(39)28(6-2)36(21-23-13-14-24(33)20-27(23)34)31(38)22-37(29-11-9-10-12-30(29)42-7-3)44(40,41)26-17-15-25(43-4)16-18-26/h9-18,20,28H,5-8,19,21-22H2,1-4H3,(H,35,39)/t28-/m0/s1. The lowest BCUT2D eigenvalue weighted by molar-refractivity contribution is -0.140. The van der Waals surface area contributed by atoms with Crippen LogP contribution in [0.1, 0.15) is 45.6 Å². The molecule has 3 aromatic carbocycles. The summed E-state index contributed by atoms with van der Waals surface area (Å²) < 4.78 is 35.3. The molecule has 0 fully saturated rings. The van der Waals surface area contributed by atoms with E-state index in [-0.39, 0.29) is 29.6 Å². The first kappa shape index (κ1) is 35.6. The van der Waals surface area contributed by atoms with Crippen molar-refractivity contribution in [2.24, 2.45) is 0 Å². The Labute approximate surface area is 275 Å². The highest BCUT2D eigenvalue weighted by molar-refractivity contribution is 7.98. The number of ether oxygens (including phenoxy) is 1. The van der Waals surface area contributed by atoms with Gasteiger partial charge in [0, 0.05) is 28.0 Å². The number of nitrogens with one attached hydrogen (secondary N) is 1. The monoisotopic (exact) mass is 679 g/mol. The molecule has 0 aliphatic carbocycles. The zero-order valence-electron chi connectivity index (χ0n) is 25.4. The fraction of sp³-hybridized carbons (Fsp3) is 0.375. The van der Waals surface area contributed by atoms with Gasteiger partial charge in [0.15, 0.2) is 0 Å². The third-order valence-electron chi connectivity index (χ3n) is 6.93. The zero-order valence-corrected chi connectivity index (χ0v) is 28.5. The number of thioether (sulfide) groups is 1. The number of para-hydroxylation sites is 2. The maximum atomic E-state index is 14.3. The number of anilines is 1. The molecule has 3 rings (SSSR count). The van der Waals surface area contributed by atoms with Crippen LogP contribution in [0.15, 0.2) is 76.5 Å². The molecule has 0 aromatic heterocycles. The Kier molecular flexibility index (Phi) is 13.7. The van der Waals surface area contributed by atoms with E-state index in [4.69, 9.17) is 27.9 Å². The molecular weight excluding hydrogens is 641 g/mol. The Morgan fingerprint density at radius 2 is 1.70 bits per heavy atom. The molecule has 0 heterocycles. The number of amides is 2. The minimum absolute atomic E-state index is 0.0195. The highest BCUT2D eigenvalue weighted by Crippen LogP contribution is 2.33. The van der Waals surface area contributed by atoms with Crippen LogP contribution in [0.2, 0.25) is 10.0 Å². The third-order valence-corrected chi connectivity index (χ3v) is 10.0. The van der Waals surface area contributed by atoms with E-state index >= 15 is 0 Å². The van der Waals surface area contributed by atoms with Gasteiger partial charge in [-0.25, -0.2) is 8.42 Å². The molecule has 1 N–H and O–H groups in total. The van der Waals surface area contributed by atoms with Crippen LogP contribution < -0.4 is 14.4 Å². The number of sulfonamides is 1. The molecule has 3 aromatic rings. The van der Waals surface area contributed by atoms with E-state index < -0.39 is 28.5 Å². The summed E-state index contributed by atoms with van der Waals surface area (Å²) in [6, 6.07) is 17.2. The first-order chi connectivity index (χ1) is 21.1. The van der Waals surface area contributed by atoms with Gasteiger partial charge < -0.3 is 15.0 Å². The molecule has 0 unspecified atom stereocenters. The number of rotatable bonds is 16. The van der Waals surface area contributed by atoms with Gasteiger partial charge in [-0.1, -0.05) is 61.7 Å². The van der Waals surface area contributed by atoms with Gasteiger partial charge >= 0.3 is 0 Å². The number of nitrogens with zero attached hydrogens (tertiary/aromatic N) is 2. The smallest absolute Gasteiger partial charge is 0.264 e. The second-order valence-corrected chi connectivity index (χ2v) is 13.5. The molecule has 8 nitrogen and oxygen atoms in total. The largest absolute Gasteiger partial charge is 0.492 e. The van der Waals surface area contributed by atoms with E-state index in [1.165, 1.54) is 28.8 Å². The lowest BCUT2D eigenvalue weighted by atomic mass is 10.1. The molecule has 0 saturated carbocycles. The van der Waals surface area contributed by atoms with Gasteiger partial charge in [0.1, 0.15) is 18.3 Å². The van der Waals surface area contributed by atoms with Gasteiger partial charge in [-0.15, -0.1) is 11.8 Å². The van der Waals surface area contributed by atoms with Crippen molar-refractivity contribution in [2.45, 2.75) is 62.4 Å². The molecule has 12 heteroatoms. The molecular formula is C32H39Cl2N3O5S2. The molecule has 238 valence electrons. The Balaban J connectivity index is 2.11. The predicted octanol–water partition coefficient (Wildman–Crippen LogP) is 7.03. The molecule has 0 bridgehead atoms. The van der Waals surface area contributed by atoms with Gasteiger partial charge in [-0.05, 0) is 80.1 Å². The highest BCUT2D eigenvalue weighted by atomic mass is 35.5. The van der Waals surface area contributed by atoms with Crippen molar-refractivity contribution in [3.63, 3.8) is 0 Å². The van der Waals surface area contributed by atoms with Crippen LogP contribution in [0.5, 0.6) is 5.75 Å². The van der Waals surface area contributed by atoms with Gasteiger partial charge in [-0.2, -0.15) is 0 Å². The molecule has 2 amide bonds. The lowest BCUT2D eigenvalue weighted by Crippen LogP contribution is -2.52. The van der Waals surface area contributed by atoms with Crippen LogP contribution in [0.3, 0.4) is 0 Å². The van der Waals surface area contributed by atoms with Crippen molar-refractivity contribution >= 4 is 62.5 Å². The summed E-state index contributed by atoms with van der Waals surface area (Å²) in [5, 5.41) is 3.68. The van der Waals surface area contributed by atoms with E-state index in [0.29, 0.717) is 34.3 Å². The fourth-order valence-electron chi connectivity index (χ4n) is 4.59. The Morgan fingerprint density at radius 1 is 1.00 bits per heavy atom. The van der Waals surface area contributed by atoms with E-state index in [1.807, 2.05) is 13.2 Å². The van der Waals surface area contributed by atoms with Crippen LogP contribution in [0, 0.1) is 0 Å². The summed E-state index contributed by atoms with van der Waals surface area (Å²) >= 11 is 14.1. The van der Waals surface area contributed by atoms with Crippen LogP contribution in [-0.4, -0.2) is 57.1 Å². The summed E-state index contributed by atoms with van der Waals surface area (Å²) in [7, 11) is -4.25. The van der Waals surface area contributed by atoms with E-state index in [0.717, 1.165) is 22.0 Å². The molecule has 0 spiro atoms. The van der Waals surface area contributed by atoms with Crippen molar-refractivity contribution in [2.75, 3.05) is 30.3 Å². The van der Waals surface area contributed by atoms with Crippen LogP contribution in [-0.2, 0) is 26.2 Å². The SMILES string of the molecule is CCCCNC(=O)[C@H](CC)N(Cc1ccc(Cl)cc1Cl)C(=O)CN(c1ccccc1OCC)S(=O)(=O)c1ccc(SC)cc1. The quantitative estimate of drug-likeness (QED) is 0.129.